The minimum Gasteiger partial charge on any atom is -0.454 e. The molecule has 1 fully saturated rings. The smallest absolute Gasteiger partial charge is 0.231 e. The van der Waals surface area contributed by atoms with Crippen LogP contribution in [-0.4, -0.2) is 24.8 Å². The predicted octanol–water partition coefficient (Wildman–Crippen LogP) is 1.95. The molecule has 2 aliphatic heterocycles. The second-order valence-electron chi connectivity index (χ2n) is 4.43. The SMILES string of the molecule is [CH]C1CCN(Cc2cccc3c2OCO3)C1. The first-order chi connectivity index (χ1) is 7.83. The summed E-state index contributed by atoms with van der Waals surface area (Å²) in [6, 6.07) is 6.05. The summed E-state index contributed by atoms with van der Waals surface area (Å²) in [5, 5.41) is 0. The average Bonchev–Trinajstić information content (AvgIpc) is 2.87. The molecule has 1 unspecified atom stereocenters. The molecular weight excluding hydrogens is 202 g/mol. The van der Waals surface area contributed by atoms with E-state index in [4.69, 9.17) is 16.4 Å². The van der Waals surface area contributed by atoms with E-state index in [1.807, 2.05) is 12.1 Å². The molecule has 1 aromatic carbocycles. The van der Waals surface area contributed by atoms with Crippen LogP contribution in [0.15, 0.2) is 18.2 Å². The van der Waals surface area contributed by atoms with Crippen LogP contribution >= 0.6 is 0 Å². The molecule has 1 atom stereocenters. The Morgan fingerprint density at radius 2 is 2.31 bits per heavy atom. The molecule has 0 N–H and O–H groups in total. The van der Waals surface area contributed by atoms with Crippen molar-refractivity contribution >= 4 is 0 Å². The molecule has 16 heavy (non-hydrogen) atoms. The van der Waals surface area contributed by atoms with Gasteiger partial charge in [-0.05, 0) is 31.9 Å². The molecule has 0 spiro atoms. The molecule has 84 valence electrons. The van der Waals surface area contributed by atoms with Crippen molar-refractivity contribution < 1.29 is 9.47 Å². The lowest BCUT2D eigenvalue weighted by Crippen LogP contribution is -2.19. The number of fused-ring (bicyclic) bond motifs is 1. The molecule has 3 rings (SSSR count). The third-order valence-electron chi connectivity index (χ3n) is 3.18. The molecule has 3 heteroatoms. The van der Waals surface area contributed by atoms with Crippen molar-refractivity contribution in [3.63, 3.8) is 0 Å². The summed E-state index contributed by atoms with van der Waals surface area (Å²) >= 11 is 0. The Balaban J connectivity index is 1.77. The van der Waals surface area contributed by atoms with Gasteiger partial charge in [0.05, 0.1) is 0 Å². The number of rotatable bonds is 2. The first-order valence-corrected chi connectivity index (χ1v) is 5.68. The Hall–Kier alpha value is -1.22. The molecule has 3 nitrogen and oxygen atoms in total. The molecule has 2 heterocycles. The third kappa shape index (κ3) is 1.76. The lowest BCUT2D eigenvalue weighted by Gasteiger charge is -2.16. The highest BCUT2D eigenvalue weighted by Gasteiger charge is 2.22. The van der Waals surface area contributed by atoms with Crippen LogP contribution in [0.1, 0.15) is 12.0 Å². The Kier molecular flexibility index (Phi) is 2.48. The van der Waals surface area contributed by atoms with E-state index in [-0.39, 0.29) is 0 Å². The maximum absolute atomic E-state index is 5.89. The number of likely N-dealkylation sites (tertiary alicyclic amines) is 1. The maximum Gasteiger partial charge on any atom is 0.231 e. The Morgan fingerprint density at radius 1 is 1.38 bits per heavy atom. The van der Waals surface area contributed by atoms with Gasteiger partial charge >= 0.3 is 0 Å². The van der Waals surface area contributed by atoms with Crippen molar-refractivity contribution in [2.45, 2.75) is 13.0 Å². The summed E-state index contributed by atoms with van der Waals surface area (Å²) in [6.45, 7) is 9.19. The van der Waals surface area contributed by atoms with Gasteiger partial charge < -0.3 is 9.47 Å². The van der Waals surface area contributed by atoms with Crippen LogP contribution in [0, 0.1) is 12.8 Å². The molecule has 1 saturated heterocycles. The van der Waals surface area contributed by atoms with E-state index in [2.05, 4.69) is 11.0 Å². The molecule has 0 saturated carbocycles. The van der Waals surface area contributed by atoms with Gasteiger partial charge in [0.2, 0.25) is 6.79 Å². The second-order valence-corrected chi connectivity index (χ2v) is 4.43. The average molecular weight is 217 g/mol. The number of hydrogen-bond acceptors (Lipinski definition) is 3. The molecule has 2 radical (unpaired) electrons. The zero-order chi connectivity index (χ0) is 11.0. The van der Waals surface area contributed by atoms with Crippen LogP contribution < -0.4 is 9.47 Å². The number of hydrogen-bond donors (Lipinski definition) is 0. The van der Waals surface area contributed by atoms with Gasteiger partial charge in [0.15, 0.2) is 11.5 Å². The second kappa shape index (κ2) is 3.98. The highest BCUT2D eigenvalue weighted by atomic mass is 16.7. The van der Waals surface area contributed by atoms with Gasteiger partial charge in [-0.3, -0.25) is 4.90 Å². The summed E-state index contributed by atoms with van der Waals surface area (Å²) in [4.78, 5) is 2.36. The van der Waals surface area contributed by atoms with E-state index in [0.717, 1.165) is 37.6 Å². The first-order valence-electron chi connectivity index (χ1n) is 5.68. The van der Waals surface area contributed by atoms with Gasteiger partial charge in [0.1, 0.15) is 0 Å². The highest BCUT2D eigenvalue weighted by molar-refractivity contribution is 5.48. The van der Waals surface area contributed by atoms with E-state index in [1.54, 1.807) is 0 Å². The maximum atomic E-state index is 5.89. The number of para-hydroxylation sites is 1. The van der Waals surface area contributed by atoms with Crippen LogP contribution in [0.4, 0.5) is 0 Å². The summed E-state index contributed by atoms with van der Waals surface area (Å²) < 4.78 is 10.8. The summed E-state index contributed by atoms with van der Waals surface area (Å²) in [7, 11) is 0. The molecule has 2 aliphatic rings. The minimum absolute atomic E-state index is 0.328. The molecule has 1 aromatic rings. The van der Waals surface area contributed by atoms with Gasteiger partial charge in [-0.15, -0.1) is 0 Å². The van der Waals surface area contributed by atoms with E-state index in [1.165, 1.54) is 5.56 Å². The van der Waals surface area contributed by atoms with Gasteiger partial charge in [0.25, 0.3) is 0 Å². The lowest BCUT2D eigenvalue weighted by atomic mass is 10.1. The normalized spacial score (nSPS) is 23.9. The Bertz CT molecular complexity index is 392. The highest BCUT2D eigenvalue weighted by Crippen LogP contribution is 2.36. The van der Waals surface area contributed by atoms with Crippen molar-refractivity contribution in [3.8, 4) is 11.5 Å². The monoisotopic (exact) mass is 217 g/mol. The number of nitrogens with zero attached hydrogens (tertiary/aromatic N) is 1. The predicted molar refractivity (Wildman–Crippen MR) is 60.2 cm³/mol. The number of benzene rings is 1. The first kappa shape index (κ1) is 9.97. The topological polar surface area (TPSA) is 21.7 Å². The van der Waals surface area contributed by atoms with Crippen LogP contribution in [0.5, 0.6) is 11.5 Å². The van der Waals surface area contributed by atoms with E-state index < -0.39 is 0 Å². The van der Waals surface area contributed by atoms with Crippen molar-refractivity contribution in [2.75, 3.05) is 19.9 Å². The Morgan fingerprint density at radius 3 is 3.12 bits per heavy atom. The summed E-state index contributed by atoms with van der Waals surface area (Å²) in [5.41, 5.74) is 1.20. The lowest BCUT2D eigenvalue weighted by molar-refractivity contribution is 0.172. The molecular formula is C13H15NO2. The van der Waals surface area contributed by atoms with Gasteiger partial charge in [-0.1, -0.05) is 12.1 Å². The molecule has 0 amide bonds. The van der Waals surface area contributed by atoms with Crippen molar-refractivity contribution in [1.29, 1.82) is 0 Å². The fraction of sp³-hybridized carbons (Fsp3) is 0.462. The van der Waals surface area contributed by atoms with E-state index >= 15 is 0 Å². The van der Waals surface area contributed by atoms with Crippen LogP contribution in [0.2, 0.25) is 0 Å². The summed E-state index contributed by atoms with van der Waals surface area (Å²) in [5.74, 6) is 2.10. The van der Waals surface area contributed by atoms with Crippen LogP contribution in [0.25, 0.3) is 0 Å². The van der Waals surface area contributed by atoms with E-state index in [9.17, 15) is 0 Å². The quantitative estimate of drug-likeness (QED) is 0.755. The summed E-state index contributed by atoms with van der Waals surface area (Å²) in [6.07, 6.45) is 1.09. The Labute approximate surface area is 96.0 Å². The fourth-order valence-electron chi connectivity index (χ4n) is 2.36. The van der Waals surface area contributed by atoms with Gasteiger partial charge in [-0.2, -0.15) is 0 Å². The number of ether oxygens (including phenoxy) is 2. The fourth-order valence-corrected chi connectivity index (χ4v) is 2.36. The molecule has 0 aromatic heterocycles. The largest absolute Gasteiger partial charge is 0.454 e. The van der Waals surface area contributed by atoms with Gasteiger partial charge in [0, 0.05) is 18.7 Å². The van der Waals surface area contributed by atoms with Crippen molar-refractivity contribution in [3.05, 3.63) is 30.7 Å². The van der Waals surface area contributed by atoms with Crippen LogP contribution in [0.3, 0.4) is 0 Å². The standard InChI is InChI=1S/C13H15NO2/c1-10-5-6-14(7-10)8-11-3-2-4-12-13(11)16-9-15-12/h1-4,10H,5-9H2. The minimum atomic E-state index is 0.328. The molecule has 0 bridgehead atoms. The zero-order valence-corrected chi connectivity index (χ0v) is 9.19. The van der Waals surface area contributed by atoms with Crippen molar-refractivity contribution in [1.82, 2.24) is 4.90 Å². The molecule has 0 aliphatic carbocycles. The van der Waals surface area contributed by atoms with Crippen LogP contribution in [-0.2, 0) is 6.54 Å². The zero-order valence-electron chi connectivity index (χ0n) is 9.19. The van der Waals surface area contributed by atoms with Gasteiger partial charge in [-0.25, -0.2) is 0 Å². The van der Waals surface area contributed by atoms with E-state index in [0.29, 0.717) is 12.7 Å². The van der Waals surface area contributed by atoms with Crippen molar-refractivity contribution in [2.24, 2.45) is 5.92 Å². The third-order valence-corrected chi connectivity index (χ3v) is 3.18.